The number of ketones is 1. The molecular formula is C17H16F3NO3. The van der Waals surface area contributed by atoms with Crippen LogP contribution in [0.4, 0.5) is 13.2 Å². The van der Waals surface area contributed by atoms with E-state index in [1.54, 1.807) is 6.92 Å². The van der Waals surface area contributed by atoms with Crippen LogP contribution in [0.25, 0.3) is 0 Å². The van der Waals surface area contributed by atoms with Gasteiger partial charge in [0.1, 0.15) is 18.0 Å². The average molecular weight is 339 g/mol. The molecule has 1 aromatic rings. The molecule has 0 saturated carbocycles. The van der Waals surface area contributed by atoms with Gasteiger partial charge in [0.05, 0.1) is 11.3 Å². The van der Waals surface area contributed by atoms with Crippen molar-refractivity contribution in [3.05, 3.63) is 47.4 Å². The van der Waals surface area contributed by atoms with Crippen molar-refractivity contribution in [2.75, 3.05) is 0 Å². The number of halogens is 3. The molecule has 0 aliphatic carbocycles. The summed E-state index contributed by atoms with van der Waals surface area (Å²) < 4.78 is 45.2. The normalized spacial score (nSPS) is 29.4. The third kappa shape index (κ3) is 2.57. The lowest BCUT2D eigenvalue weighted by molar-refractivity contribution is -0.144. The number of hydrogen-bond donors (Lipinski definition) is 1. The molecule has 0 radical (unpaired) electrons. The summed E-state index contributed by atoms with van der Waals surface area (Å²) in [6, 6.07) is 4.68. The first kappa shape index (κ1) is 16.5. The van der Waals surface area contributed by atoms with E-state index >= 15 is 0 Å². The molecule has 0 bridgehead atoms. The van der Waals surface area contributed by atoms with Gasteiger partial charge in [0.2, 0.25) is 0 Å². The minimum absolute atomic E-state index is 0.0479. The van der Waals surface area contributed by atoms with Crippen LogP contribution in [0.5, 0.6) is 0 Å². The summed E-state index contributed by atoms with van der Waals surface area (Å²) in [7, 11) is 0. The van der Waals surface area contributed by atoms with Crippen LogP contribution in [-0.2, 0) is 20.5 Å². The van der Waals surface area contributed by atoms with Gasteiger partial charge in [0.25, 0.3) is 0 Å². The van der Waals surface area contributed by atoms with Gasteiger partial charge >= 0.3 is 12.1 Å². The number of cyclic esters (lactones) is 1. The Balaban J connectivity index is 2.19. The molecule has 1 saturated heterocycles. The maximum Gasteiger partial charge on any atom is 0.416 e. The first-order chi connectivity index (χ1) is 11.2. The third-order valence-electron chi connectivity index (χ3n) is 4.66. The van der Waals surface area contributed by atoms with Crippen LogP contribution in [-0.4, -0.2) is 17.8 Å². The van der Waals surface area contributed by atoms with E-state index in [4.69, 9.17) is 4.74 Å². The van der Waals surface area contributed by atoms with Gasteiger partial charge in [-0.1, -0.05) is 18.2 Å². The third-order valence-corrected chi connectivity index (χ3v) is 4.66. The van der Waals surface area contributed by atoms with Crippen LogP contribution in [0.3, 0.4) is 0 Å². The molecule has 1 fully saturated rings. The Hall–Kier alpha value is -2.31. The summed E-state index contributed by atoms with van der Waals surface area (Å²) in [6.07, 6.45) is -3.35. The second-order valence-electron chi connectivity index (χ2n) is 6.17. The highest BCUT2D eigenvalue weighted by Crippen LogP contribution is 2.47. The van der Waals surface area contributed by atoms with Crippen molar-refractivity contribution in [1.29, 1.82) is 0 Å². The number of hydrogen-bond acceptors (Lipinski definition) is 4. The van der Waals surface area contributed by atoms with E-state index < -0.39 is 41.5 Å². The average Bonchev–Trinajstić information content (AvgIpc) is 2.85. The molecule has 1 N–H and O–H groups in total. The lowest BCUT2D eigenvalue weighted by atomic mass is 9.68. The quantitative estimate of drug-likeness (QED) is 0.842. The van der Waals surface area contributed by atoms with E-state index in [1.807, 2.05) is 0 Å². The molecule has 4 unspecified atom stereocenters. The molecule has 128 valence electrons. The Morgan fingerprint density at radius 2 is 1.92 bits per heavy atom. The first-order valence-electron chi connectivity index (χ1n) is 7.55. The lowest BCUT2D eigenvalue weighted by Gasteiger charge is -2.40. The van der Waals surface area contributed by atoms with E-state index in [0.29, 0.717) is 5.70 Å². The standard InChI is InChI=1S/C17H16F3NO3/c1-8-13(9(2)22)14(15-12(21-8)7-24-16(15)23)10-5-3-4-6-11(10)17(18,19)20/h3-8,13-15,21H,1-2H3. The lowest BCUT2D eigenvalue weighted by Crippen LogP contribution is -2.50. The van der Waals surface area contributed by atoms with Crippen molar-refractivity contribution >= 4 is 11.8 Å². The molecule has 3 rings (SSSR count). The monoisotopic (exact) mass is 339 g/mol. The van der Waals surface area contributed by atoms with Crippen LogP contribution in [0, 0.1) is 11.8 Å². The molecule has 24 heavy (non-hydrogen) atoms. The van der Waals surface area contributed by atoms with Crippen molar-refractivity contribution in [3.63, 3.8) is 0 Å². The van der Waals surface area contributed by atoms with Crippen LogP contribution >= 0.6 is 0 Å². The zero-order chi connectivity index (χ0) is 17.6. The molecule has 2 aliphatic rings. The smallest absolute Gasteiger partial charge is 0.416 e. The number of piperidine rings is 1. The molecule has 2 heterocycles. The molecule has 2 aliphatic heterocycles. The fraction of sp³-hybridized carbons (Fsp3) is 0.412. The molecule has 7 heteroatoms. The number of Topliss-reactive ketones (excluding diaryl/α,β-unsaturated/α-hetero) is 1. The number of ether oxygens (including phenoxy) is 1. The van der Waals surface area contributed by atoms with Crippen LogP contribution in [0.15, 0.2) is 36.2 Å². The fourth-order valence-corrected chi connectivity index (χ4v) is 3.75. The number of esters is 1. The second-order valence-corrected chi connectivity index (χ2v) is 6.17. The van der Waals surface area contributed by atoms with Crippen LogP contribution in [0.2, 0.25) is 0 Å². The van der Waals surface area contributed by atoms with E-state index in [2.05, 4.69) is 5.32 Å². The van der Waals surface area contributed by atoms with Crippen molar-refractivity contribution in [3.8, 4) is 0 Å². The fourth-order valence-electron chi connectivity index (χ4n) is 3.75. The van der Waals surface area contributed by atoms with Gasteiger partial charge in [0.15, 0.2) is 0 Å². The van der Waals surface area contributed by atoms with E-state index in [-0.39, 0.29) is 11.3 Å². The second kappa shape index (κ2) is 5.65. The summed E-state index contributed by atoms with van der Waals surface area (Å²) in [6.45, 7) is 3.05. The van der Waals surface area contributed by atoms with Crippen molar-refractivity contribution < 1.29 is 27.5 Å². The zero-order valence-electron chi connectivity index (χ0n) is 13.1. The Morgan fingerprint density at radius 3 is 2.54 bits per heavy atom. The first-order valence-corrected chi connectivity index (χ1v) is 7.55. The molecular weight excluding hydrogens is 323 g/mol. The van der Waals surface area contributed by atoms with Gasteiger partial charge < -0.3 is 10.1 Å². The van der Waals surface area contributed by atoms with Gasteiger partial charge in [-0.05, 0) is 25.5 Å². The predicted molar refractivity (Wildman–Crippen MR) is 78.6 cm³/mol. The zero-order valence-corrected chi connectivity index (χ0v) is 13.1. The maximum absolute atomic E-state index is 13.4. The Morgan fingerprint density at radius 1 is 1.25 bits per heavy atom. The van der Waals surface area contributed by atoms with Gasteiger partial charge in [-0.2, -0.15) is 13.2 Å². The minimum atomic E-state index is -4.57. The molecule has 4 atom stereocenters. The number of rotatable bonds is 2. The van der Waals surface area contributed by atoms with E-state index in [9.17, 15) is 22.8 Å². The van der Waals surface area contributed by atoms with Crippen molar-refractivity contribution in [2.45, 2.75) is 32.0 Å². The number of carbonyl (C=O) groups is 2. The van der Waals surface area contributed by atoms with Gasteiger partial charge in [-0.15, -0.1) is 0 Å². The summed E-state index contributed by atoms with van der Waals surface area (Å²) in [4.78, 5) is 24.3. The number of nitrogens with one attached hydrogen (secondary N) is 1. The molecule has 0 aromatic heterocycles. The SMILES string of the molecule is CC(=O)C1C(C)NC2=COC(=O)C2C1c1ccccc1C(F)(F)F. The topological polar surface area (TPSA) is 55.4 Å². The minimum Gasteiger partial charge on any atom is -0.432 e. The highest BCUT2D eigenvalue weighted by atomic mass is 19.4. The molecule has 0 spiro atoms. The maximum atomic E-state index is 13.4. The number of fused-ring (bicyclic) bond motifs is 1. The van der Waals surface area contributed by atoms with E-state index in [0.717, 1.165) is 6.07 Å². The summed E-state index contributed by atoms with van der Waals surface area (Å²) in [5.41, 5.74) is -0.449. The number of benzene rings is 1. The highest BCUT2D eigenvalue weighted by molar-refractivity contribution is 5.86. The van der Waals surface area contributed by atoms with Gasteiger partial charge in [-0.3, -0.25) is 9.59 Å². The summed E-state index contributed by atoms with van der Waals surface area (Å²) in [5.74, 6) is -3.52. The highest BCUT2D eigenvalue weighted by Gasteiger charge is 2.51. The molecule has 1 aromatic carbocycles. The molecule has 0 amide bonds. The summed E-state index contributed by atoms with van der Waals surface area (Å²) in [5, 5.41) is 3.01. The largest absolute Gasteiger partial charge is 0.432 e. The van der Waals surface area contributed by atoms with Crippen molar-refractivity contribution in [2.24, 2.45) is 11.8 Å². The van der Waals surface area contributed by atoms with Crippen molar-refractivity contribution in [1.82, 2.24) is 5.32 Å². The number of carbonyl (C=O) groups excluding carboxylic acids is 2. The Labute approximate surface area is 136 Å². The van der Waals surface area contributed by atoms with Crippen LogP contribution in [0.1, 0.15) is 30.9 Å². The van der Waals surface area contributed by atoms with Gasteiger partial charge in [0, 0.05) is 17.9 Å². The number of alkyl halides is 3. The Kier molecular flexibility index (Phi) is 3.89. The van der Waals surface area contributed by atoms with Gasteiger partial charge in [-0.25, -0.2) is 0 Å². The Bertz CT molecular complexity index is 726. The van der Waals surface area contributed by atoms with E-state index in [1.165, 1.54) is 31.4 Å². The predicted octanol–water partition coefficient (Wildman–Crippen LogP) is 3.00. The summed E-state index contributed by atoms with van der Waals surface area (Å²) >= 11 is 0. The van der Waals surface area contributed by atoms with Crippen LogP contribution < -0.4 is 5.32 Å². The molecule has 4 nitrogen and oxygen atoms in total.